The Morgan fingerprint density at radius 1 is 0.680 bits per heavy atom. The molecule has 16 nitrogen and oxygen atoms in total. The highest BCUT2D eigenvalue weighted by atomic mass is 19.1. The van der Waals surface area contributed by atoms with E-state index in [1.165, 1.54) is 16.5 Å². The monoisotopic (exact) mass is 1030 g/mol. The lowest BCUT2D eigenvalue weighted by molar-refractivity contribution is -0.152. The zero-order valence-corrected chi connectivity index (χ0v) is 45.7. The summed E-state index contributed by atoms with van der Waals surface area (Å²) in [6.07, 6.45) is 3.26. The van der Waals surface area contributed by atoms with Gasteiger partial charge in [0, 0.05) is 43.6 Å². The van der Waals surface area contributed by atoms with Gasteiger partial charge in [-0.15, -0.1) is 0 Å². The molecule has 0 aromatic heterocycles. The van der Waals surface area contributed by atoms with E-state index in [1.54, 1.807) is 62.9 Å². The summed E-state index contributed by atoms with van der Waals surface area (Å²) >= 11 is 0. The van der Waals surface area contributed by atoms with Crippen molar-refractivity contribution in [2.24, 2.45) is 22.7 Å². The van der Waals surface area contributed by atoms with Crippen LogP contribution in [0.2, 0.25) is 0 Å². The molecular formula is C58H80FN9O7. The summed E-state index contributed by atoms with van der Waals surface area (Å²) in [5.41, 5.74) is 2.77. The molecule has 0 spiro atoms. The number of rotatable bonds is 17. The standard InChI is InChI=1S/C58H80FN9O7/c1-33(60-10)50(69)64-48(57(4,5)6)55(74)67-30-38-21-13-12-20-37(38)28-47(67)54(73)66(35(3)41-23-16-17-25-44(41)59)31-39-27-43(39)52(71)62-40-29-46(53(72)63-45-26-18-22-36-19-14-15-24-42(36)45)68(32-40)56(75)49(58(7,8)9)65-51(70)34(2)61-11/h12-17,19-21,23-25,33-35,39-40,43,45-49,60-61H,18,22,26-32H2,1-11H3,(H,62,71)(H,63,72)(H,64,69)(H,65,70)/t33-,34-,35+,39?,40-,43?,45+,46-,47-,48?,49+/m0/s1. The topological polar surface area (TPSA) is 201 Å². The molecule has 75 heavy (non-hydrogen) atoms. The number of likely N-dealkylation sites (N-methyl/N-ethyl adjacent to an activating group) is 2. The van der Waals surface area contributed by atoms with Crippen molar-refractivity contribution in [3.63, 3.8) is 0 Å². The van der Waals surface area contributed by atoms with E-state index in [4.69, 9.17) is 0 Å². The minimum absolute atomic E-state index is 0.0250. The fraction of sp³-hybridized carbons (Fsp3) is 0.569. The lowest BCUT2D eigenvalue weighted by atomic mass is 9.84. The maximum atomic E-state index is 15.8. The van der Waals surface area contributed by atoms with Crippen molar-refractivity contribution in [1.29, 1.82) is 0 Å². The molecule has 406 valence electrons. The first kappa shape index (κ1) is 56.5. The fourth-order valence-corrected chi connectivity index (χ4v) is 10.9. The maximum absolute atomic E-state index is 15.8. The molecule has 1 saturated carbocycles. The van der Waals surface area contributed by atoms with Gasteiger partial charge in [-0.05, 0) is 112 Å². The van der Waals surface area contributed by atoms with Gasteiger partial charge in [0.15, 0.2) is 0 Å². The fourth-order valence-electron chi connectivity index (χ4n) is 10.9. The van der Waals surface area contributed by atoms with Gasteiger partial charge in [0.05, 0.1) is 24.2 Å². The molecule has 4 aliphatic rings. The van der Waals surface area contributed by atoms with E-state index >= 15 is 9.18 Å². The zero-order valence-electron chi connectivity index (χ0n) is 45.7. The number of nitrogens with zero attached hydrogens (tertiary/aromatic N) is 3. The minimum atomic E-state index is -1.02. The van der Waals surface area contributed by atoms with E-state index in [0.29, 0.717) is 6.42 Å². The van der Waals surface area contributed by atoms with Gasteiger partial charge in [-0.1, -0.05) is 108 Å². The van der Waals surface area contributed by atoms with Crippen molar-refractivity contribution in [2.45, 2.75) is 162 Å². The molecule has 0 bridgehead atoms. The van der Waals surface area contributed by atoms with Crippen LogP contribution in [0.5, 0.6) is 0 Å². The second kappa shape index (κ2) is 23.4. The second-order valence-corrected chi connectivity index (χ2v) is 23.5. The van der Waals surface area contributed by atoms with Crippen LogP contribution in [0.3, 0.4) is 0 Å². The summed E-state index contributed by atoms with van der Waals surface area (Å²) in [5.74, 6) is -4.01. The molecule has 17 heteroatoms. The number of amides is 7. The first-order valence-corrected chi connectivity index (χ1v) is 26.8. The number of fused-ring (bicyclic) bond motifs is 2. The highest BCUT2D eigenvalue weighted by Crippen LogP contribution is 2.42. The Morgan fingerprint density at radius 3 is 1.84 bits per heavy atom. The normalized spacial score (nSPS) is 23.3. The summed E-state index contributed by atoms with van der Waals surface area (Å²) in [4.78, 5) is 105. The third-order valence-electron chi connectivity index (χ3n) is 16.0. The predicted molar refractivity (Wildman–Crippen MR) is 285 cm³/mol. The van der Waals surface area contributed by atoms with Crippen LogP contribution in [0.1, 0.15) is 128 Å². The summed E-state index contributed by atoms with van der Waals surface area (Å²) in [7, 11) is 3.32. The lowest BCUT2D eigenvalue weighted by Crippen LogP contribution is -2.62. The van der Waals surface area contributed by atoms with Crippen LogP contribution in [0.25, 0.3) is 0 Å². The van der Waals surface area contributed by atoms with Crippen molar-refractivity contribution in [2.75, 3.05) is 27.2 Å². The molecule has 7 amide bonds. The number of aryl methyl sites for hydroxylation is 1. The lowest BCUT2D eigenvalue weighted by Gasteiger charge is -2.43. The number of halogens is 1. The Kier molecular flexibility index (Phi) is 17.6. The zero-order chi connectivity index (χ0) is 54.7. The molecule has 3 unspecified atom stereocenters. The number of hydrogen-bond acceptors (Lipinski definition) is 9. The molecule has 2 aliphatic heterocycles. The van der Waals surface area contributed by atoms with Gasteiger partial charge in [0.2, 0.25) is 41.4 Å². The van der Waals surface area contributed by atoms with Crippen LogP contribution in [0.4, 0.5) is 4.39 Å². The molecule has 1 saturated heterocycles. The molecule has 2 aliphatic carbocycles. The summed E-state index contributed by atoms with van der Waals surface area (Å²) in [6, 6.07) is 15.1. The first-order chi connectivity index (χ1) is 35.4. The summed E-state index contributed by atoms with van der Waals surface area (Å²) < 4.78 is 15.8. The molecular weight excluding hydrogens is 954 g/mol. The number of likely N-dealkylation sites (tertiary alicyclic amines) is 1. The molecule has 3 aromatic carbocycles. The van der Waals surface area contributed by atoms with Crippen LogP contribution >= 0.6 is 0 Å². The van der Waals surface area contributed by atoms with E-state index in [9.17, 15) is 28.8 Å². The first-order valence-electron chi connectivity index (χ1n) is 26.8. The number of hydrogen-bond donors (Lipinski definition) is 6. The van der Waals surface area contributed by atoms with Crippen LogP contribution in [0, 0.1) is 28.5 Å². The third kappa shape index (κ3) is 12.9. The smallest absolute Gasteiger partial charge is 0.246 e. The van der Waals surface area contributed by atoms with Crippen molar-refractivity contribution >= 4 is 41.4 Å². The minimum Gasteiger partial charge on any atom is -0.351 e. The second-order valence-electron chi connectivity index (χ2n) is 23.5. The van der Waals surface area contributed by atoms with Gasteiger partial charge in [-0.25, -0.2) is 4.39 Å². The van der Waals surface area contributed by atoms with Crippen molar-refractivity contribution in [1.82, 2.24) is 46.6 Å². The summed E-state index contributed by atoms with van der Waals surface area (Å²) in [6.45, 7) is 16.5. The quantitative estimate of drug-likeness (QED) is 0.109. The van der Waals surface area contributed by atoms with E-state index in [1.807, 2.05) is 84.0 Å². The van der Waals surface area contributed by atoms with Crippen molar-refractivity contribution < 1.29 is 38.0 Å². The van der Waals surface area contributed by atoms with Crippen LogP contribution in [-0.2, 0) is 52.9 Å². The number of nitrogens with one attached hydrogen (secondary N) is 6. The van der Waals surface area contributed by atoms with Gasteiger partial charge in [0.1, 0.15) is 30.0 Å². The maximum Gasteiger partial charge on any atom is 0.246 e. The van der Waals surface area contributed by atoms with E-state index < -0.39 is 88.6 Å². The Hall–Kier alpha value is -6.20. The highest BCUT2D eigenvalue weighted by molar-refractivity contribution is 5.96. The molecule has 7 rings (SSSR count). The largest absolute Gasteiger partial charge is 0.351 e. The van der Waals surface area contributed by atoms with Crippen molar-refractivity contribution in [3.05, 3.63) is 106 Å². The van der Waals surface area contributed by atoms with Gasteiger partial charge in [0.25, 0.3) is 0 Å². The van der Waals surface area contributed by atoms with Gasteiger partial charge in [-0.2, -0.15) is 0 Å². The number of benzene rings is 3. The molecule has 2 fully saturated rings. The average Bonchev–Trinajstić information content (AvgIpc) is 4.04. The molecule has 6 N–H and O–H groups in total. The predicted octanol–water partition coefficient (Wildman–Crippen LogP) is 4.86. The van der Waals surface area contributed by atoms with Gasteiger partial charge < -0.3 is 46.6 Å². The Morgan fingerprint density at radius 2 is 1.24 bits per heavy atom. The van der Waals surface area contributed by atoms with Crippen molar-refractivity contribution in [3.8, 4) is 0 Å². The third-order valence-corrected chi connectivity index (χ3v) is 16.0. The molecule has 3 aromatic rings. The molecule has 11 atom stereocenters. The Balaban J connectivity index is 1.14. The highest BCUT2D eigenvalue weighted by Gasteiger charge is 2.51. The van der Waals surface area contributed by atoms with Crippen LogP contribution in [-0.4, -0.2) is 126 Å². The average molecular weight is 1030 g/mol. The van der Waals surface area contributed by atoms with E-state index in [-0.39, 0.29) is 73.6 Å². The Labute approximate surface area is 442 Å². The van der Waals surface area contributed by atoms with E-state index in [2.05, 4.69) is 38.0 Å². The number of carbonyl (C=O) groups is 7. The van der Waals surface area contributed by atoms with Gasteiger partial charge >= 0.3 is 0 Å². The van der Waals surface area contributed by atoms with E-state index in [0.717, 1.165) is 36.0 Å². The number of carbonyl (C=O) groups excluding carboxylic acids is 7. The Bertz CT molecular complexity index is 2610. The SMILES string of the molecule is CN[C@@H](C)C(=O)NC(C(=O)N1Cc2ccccc2C[C@H]1C(=O)N(CC1CC1C(=O)N[C@H]1C[C@@H](C(=O)N[C@@H]2CCCc3ccccc32)N(C(=O)[C@@H](NC(=O)[C@H](C)NC)C(C)(C)C)C1)[C@H](C)c1ccccc1F)C(C)(C)C. The van der Waals surface area contributed by atoms with Crippen LogP contribution in [0.15, 0.2) is 72.8 Å². The van der Waals surface area contributed by atoms with Crippen LogP contribution < -0.4 is 31.9 Å². The molecule has 0 radical (unpaired) electrons. The van der Waals surface area contributed by atoms with Gasteiger partial charge in [-0.3, -0.25) is 33.6 Å². The molecule has 2 heterocycles. The summed E-state index contributed by atoms with van der Waals surface area (Å²) in [5, 5.41) is 18.1.